The predicted molar refractivity (Wildman–Crippen MR) is 116 cm³/mol. The molecule has 2 heterocycles. The van der Waals surface area contributed by atoms with Crippen LogP contribution in [0.3, 0.4) is 0 Å². The number of benzene rings is 2. The van der Waals surface area contributed by atoms with E-state index >= 15 is 0 Å². The minimum atomic E-state index is -3.24. The first-order chi connectivity index (χ1) is 13.5. The molecular weight excluding hydrogens is 394 g/mol. The van der Waals surface area contributed by atoms with E-state index in [4.69, 9.17) is 0 Å². The van der Waals surface area contributed by atoms with Gasteiger partial charge in [0.1, 0.15) is 5.36 Å². The number of sulfonamides is 1. The molecule has 1 aromatic heterocycles. The molecule has 0 aliphatic carbocycles. The molecule has 146 valence electrons. The smallest absolute Gasteiger partial charge is 0.208 e. The molecule has 0 saturated carbocycles. The molecule has 4 rings (SSSR count). The summed E-state index contributed by atoms with van der Waals surface area (Å²) >= 11 is 1.66. The van der Waals surface area contributed by atoms with Crippen LogP contribution < -0.4 is 15.4 Å². The highest BCUT2D eigenvalue weighted by Crippen LogP contribution is 2.19. The Bertz CT molecular complexity index is 1160. The maximum absolute atomic E-state index is 11.5. The van der Waals surface area contributed by atoms with Gasteiger partial charge in [-0.2, -0.15) is 0 Å². The van der Waals surface area contributed by atoms with Gasteiger partial charge >= 0.3 is 0 Å². The van der Waals surface area contributed by atoms with Crippen molar-refractivity contribution in [3.05, 3.63) is 53.9 Å². The van der Waals surface area contributed by atoms with Gasteiger partial charge in [-0.25, -0.2) is 13.1 Å². The molecule has 2 aromatic carbocycles. The monoisotopic (exact) mass is 415 g/mol. The molecule has 0 amide bonds. The number of para-hydroxylation sites is 2. The molecule has 1 aliphatic rings. The number of hydrogen-bond donors (Lipinski definition) is 2. The number of hydrogen-bond acceptors (Lipinski definition) is 5. The van der Waals surface area contributed by atoms with Crippen LogP contribution in [0.25, 0.3) is 21.8 Å². The molecule has 1 fully saturated rings. The van der Waals surface area contributed by atoms with Gasteiger partial charge in [0.05, 0.1) is 17.3 Å². The topological polar surface area (TPSA) is 87.8 Å². The molecular formula is C19H21N5O2S2. The summed E-state index contributed by atoms with van der Waals surface area (Å²) in [6.45, 7) is 1.74. The summed E-state index contributed by atoms with van der Waals surface area (Å²) < 4.78 is 27.6. The highest BCUT2D eigenvalue weighted by molar-refractivity contribution is 8.14. The number of thioether (sulfide) groups is 1. The molecule has 1 saturated heterocycles. The Balaban J connectivity index is 1.92. The van der Waals surface area contributed by atoms with Crippen molar-refractivity contribution in [3.8, 4) is 0 Å². The molecule has 0 unspecified atom stereocenters. The van der Waals surface area contributed by atoms with Crippen molar-refractivity contribution in [1.82, 2.24) is 14.6 Å². The van der Waals surface area contributed by atoms with Gasteiger partial charge in [0, 0.05) is 36.2 Å². The molecule has 2 N–H and O–H groups in total. The van der Waals surface area contributed by atoms with Crippen molar-refractivity contribution in [2.24, 2.45) is 10.2 Å². The van der Waals surface area contributed by atoms with Crippen molar-refractivity contribution < 1.29 is 8.42 Å². The normalized spacial score (nSPS) is 16.0. The van der Waals surface area contributed by atoms with Gasteiger partial charge in [0.25, 0.3) is 0 Å². The molecule has 0 radical (unpaired) electrons. The lowest BCUT2D eigenvalue weighted by molar-refractivity contribution is 0.581. The van der Waals surface area contributed by atoms with Crippen molar-refractivity contribution in [2.45, 2.75) is 6.54 Å². The zero-order valence-corrected chi connectivity index (χ0v) is 17.1. The van der Waals surface area contributed by atoms with Crippen LogP contribution in [0.1, 0.15) is 0 Å². The lowest BCUT2D eigenvalue weighted by Gasteiger charge is -2.16. The van der Waals surface area contributed by atoms with Crippen molar-refractivity contribution in [2.75, 3.05) is 25.1 Å². The summed E-state index contributed by atoms with van der Waals surface area (Å²) in [5, 5.41) is 15.8. The third-order valence-corrected chi connectivity index (χ3v) is 6.09. The zero-order valence-electron chi connectivity index (χ0n) is 15.4. The highest BCUT2D eigenvalue weighted by atomic mass is 32.2. The fraction of sp³-hybridized carbons (Fsp3) is 0.263. The number of rotatable bonds is 5. The number of nitrogens with one attached hydrogen (secondary N) is 2. The van der Waals surface area contributed by atoms with Crippen LogP contribution in [-0.2, 0) is 16.6 Å². The predicted octanol–water partition coefficient (Wildman–Crippen LogP) is 1.85. The summed E-state index contributed by atoms with van der Waals surface area (Å²) in [6.07, 6.45) is 1.17. The van der Waals surface area contributed by atoms with E-state index in [1.54, 1.807) is 11.8 Å². The molecule has 28 heavy (non-hydrogen) atoms. The van der Waals surface area contributed by atoms with E-state index in [9.17, 15) is 8.42 Å². The SMILES string of the molecule is CS(=O)(=O)NCCn1c2ccccc2c(=NN=C2NCCS2)c2ccccc21. The van der Waals surface area contributed by atoms with E-state index < -0.39 is 10.0 Å². The third-order valence-electron chi connectivity index (χ3n) is 4.46. The van der Waals surface area contributed by atoms with Crippen LogP contribution in [0.2, 0.25) is 0 Å². The van der Waals surface area contributed by atoms with Crippen LogP contribution in [0.5, 0.6) is 0 Å². The average Bonchev–Trinajstić information content (AvgIpc) is 3.19. The Hall–Kier alpha value is -2.36. The van der Waals surface area contributed by atoms with E-state index in [2.05, 4.69) is 24.8 Å². The first-order valence-electron chi connectivity index (χ1n) is 8.96. The van der Waals surface area contributed by atoms with E-state index in [0.29, 0.717) is 13.1 Å². The highest BCUT2D eigenvalue weighted by Gasteiger charge is 2.11. The zero-order chi connectivity index (χ0) is 19.6. The van der Waals surface area contributed by atoms with Crippen LogP contribution in [-0.4, -0.2) is 43.3 Å². The van der Waals surface area contributed by atoms with E-state index in [1.165, 1.54) is 6.26 Å². The van der Waals surface area contributed by atoms with Crippen LogP contribution in [0.15, 0.2) is 58.7 Å². The van der Waals surface area contributed by atoms with Gasteiger partial charge in [-0.15, -0.1) is 10.2 Å². The van der Waals surface area contributed by atoms with Gasteiger partial charge in [-0.05, 0) is 12.1 Å². The minimum Gasteiger partial charge on any atom is -0.362 e. The Morgan fingerprint density at radius 1 is 1.07 bits per heavy atom. The Labute approximate surface area is 167 Å². The van der Waals surface area contributed by atoms with E-state index in [0.717, 1.165) is 44.6 Å². The molecule has 0 bridgehead atoms. The standard InChI is InChI=1S/C19H21N5O2S2/c1-28(25,26)21-10-12-24-16-8-4-2-6-14(16)18(15-7-3-5-9-17(15)24)22-23-19-20-11-13-27-19/h2-9,21H,10-13H2,1H3,(H,20,23). The maximum Gasteiger partial charge on any atom is 0.208 e. The van der Waals surface area contributed by atoms with Gasteiger partial charge in [0.2, 0.25) is 10.0 Å². The number of fused-ring (bicyclic) bond motifs is 2. The van der Waals surface area contributed by atoms with Gasteiger partial charge in [-0.3, -0.25) is 0 Å². The molecule has 3 aromatic rings. The van der Waals surface area contributed by atoms with Crippen molar-refractivity contribution in [3.63, 3.8) is 0 Å². The molecule has 9 heteroatoms. The number of amidine groups is 1. The largest absolute Gasteiger partial charge is 0.362 e. The van der Waals surface area contributed by atoms with Crippen LogP contribution in [0.4, 0.5) is 0 Å². The molecule has 7 nitrogen and oxygen atoms in total. The van der Waals surface area contributed by atoms with Crippen molar-refractivity contribution >= 4 is 48.8 Å². The van der Waals surface area contributed by atoms with Crippen LogP contribution >= 0.6 is 11.8 Å². The lowest BCUT2D eigenvalue weighted by Crippen LogP contribution is -2.27. The van der Waals surface area contributed by atoms with E-state index in [-0.39, 0.29) is 0 Å². The second kappa shape index (κ2) is 7.94. The van der Waals surface area contributed by atoms with Gasteiger partial charge < -0.3 is 9.88 Å². The summed E-state index contributed by atoms with van der Waals surface area (Å²) in [4.78, 5) is 0. The van der Waals surface area contributed by atoms with Crippen LogP contribution in [0, 0.1) is 0 Å². The molecule has 0 spiro atoms. The summed E-state index contributed by atoms with van der Waals surface area (Å²) in [7, 11) is -3.24. The Morgan fingerprint density at radius 2 is 1.71 bits per heavy atom. The first-order valence-corrected chi connectivity index (χ1v) is 11.8. The summed E-state index contributed by atoms with van der Waals surface area (Å²) in [5.74, 6) is 0.998. The second-order valence-electron chi connectivity index (χ2n) is 6.48. The van der Waals surface area contributed by atoms with E-state index in [1.807, 2.05) is 48.5 Å². The first kappa shape index (κ1) is 19.0. The second-order valence-corrected chi connectivity index (χ2v) is 9.40. The number of nitrogens with zero attached hydrogens (tertiary/aromatic N) is 3. The lowest BCUT2D eigenvalue weighted by atomic mass is 10.1. The molecule has 0 atom stereocenters. The average molecular weight is 416 g/mol. The van der Waals surface area contributed by atoms with Crippen molar-refractivity contribution in [1.29, 1.82) is 0 Å². The van der Waals surface area contributed by atoms with Gasteiger partial charge in [-0.1, -0.05) is 48.2 Å². The summed E-state index contributed by atoms with van der Waals surface area (Å²) in [5.41, 5.74) is 1.98. The number of pyridine rings is 1. The Morgan fingerprint density at radius 3 is 2.29 bits per heavy atom. The number of aromatic nitrogens is 1. The quantitative estimate of drug-likeness (QED) is 0.492. The maximum atomic E-state index is 11.5. The third kappa shape index (κ3) is 4.06. The Kier molecular flexibility index (Phi) is 5.38. The fourth-order valence-corrected chi connectivity index (χ4v) is 4.46. The molecule has 1 aliphatic heterocycles. The fourth-order valence-electron chi connectivity index (χ4n) is 3.30. The minimum absolute atomic E-state index is 0.316. The van der Waals surface area contributed by atoms with Gasteiger partial charge in [0.15, 0.2) is 5.17 Å². The summed E-state index contributed by atoms with van der Waals surface area (Å²) in [6, 6.07) is 16.0.